The predicted molar refractivity (Wildman–Crippen MR) is 81.4 cm³/mol. The lowest BCUT2D eigenvalue weighted by Crippen LogP contribution is -2.36. The number of imidazole rings is 1. The van der Waals surface area contributed by atoms with Crippen LogP contribution in [0.1, 0.15) is 12.6 Å². The Bertz CT molecular complexity index is 770. The molecule has 7 heteroatoms. The van der Waals surface area contributed by atoms with E-state index >= 15 is 0 Å². The van der Waals surface area contributed by atoms with Crippen molar-refractivity contribution in [3.8, 4) is 5.75 Å². The molecule has 0 radical (unpaired) electrons. The molecule has 2 heterocycles. The van der Waals surface area contributed by atoms with Crippen molar-refractivity contribution in [1.82, 2.24) is 14.7 Å². The molecule has 5 nitrogen and oxygen atoms in total. The van der Waals surface area contributed by atoms with Gasteiger partial charge < -0.3 is 10.1 Å². The first-order valence-corrected chi connectivity index (χ1v) is 7.61. The Morgan fingerprint density at radius 2 is 2.41 bits per heavy atom. The highest BCUT2D eigenvalue weighted by atomic mass is 32.1. The third-order valence-corrected chi connectivity index (χ3v) is 3.84. The number of hydrogen-bond donors (Lipinski definition) is 1. The molecule has 0 spiro atoms. The van der Waals surface area contributed by atoms with E-state index in [0.717, 1.165) is 10.7 Å². The summed E-state index contributed by atoms with van der Waals surface area (Å²) in [6.07, 6.45) is 3.06. The van der Waals surface area contributed by atoms with Crippen LogP contribution in [0.4, 0.5) is 4.39 Å². The van der Waals surface area contributed by atoms with Gasteiger partial charge in [0.1, 0.15) is 11.6 Å². The third-order valence-electron chi connectivity index (χ3n) is 3.07. The first-order chi connectivity index (χ1) is 10.6. The predicted octanol–water partition coefficient (Wildman–Crippen LogP) is 2.62. The number of amides is 1. The summed E-state index contributed by atoms with van der Waals surface area (Å²) >= 11 is 1.53. The van der Waals surface area contributed by atoms with Crippen LogP contribution in [0.15, 0.2) is 42.0 Å². The highest BCUT2D eigenvalue weighted by Crippen LogP contribution is 2.14. The molecule has 1 amide bonds. The van der Waals surface area contributed by atoms with Crippen molar-refractivity contribution in [2.24, 2.45) is 0 Å². The maximum absolute atomic E-state index is 13.1. The number of thiazole rings is 1. The molecule has 0 aliphatic carbocycles. The normalized spacial score (nSPS) is 12.3. The molecular weight excluding hydrogens is 305 g/mol. The average molecular weight is 319 g/mol. The standard InChI is InChI=1S/C15H14FN3O2S/c1-10(21-13-4-2-3-11(16)7-13)14(20)17-8-12-9-19-5-6-22-15(19)18-12/h2-7,9-10H,8H2,1H3,(H,17,20). The van der Waals surface area contributed by atoms with Crippen LogP contribution < -0.4 is 10.1 Å². The van der Waals surface area contributed by atoms with Crippen molar-refractivity contribution in [2.45, 2.75) is 19.6 Å². The summed E-state index contributed by atoms with van der Waals surface area (Å²) in [6, 6.07) is 5.71. The molecule has 1 unspecified atom stereocenters. The first kappa shape index (κ1) is 14.5. The van der Waals surface area contributed by atoms with E-state index in [4.69, 9.17) is 4.74 Å². The lowest BCUT2D eigenvalue weighted by Gasteiger charge is -2.14. The number of aromatic nitrogens is 2. The van der Waals surface area contributed by atoms with Gasteiger partial charge in [0.05, 0.1) is 12.2 Å². The maximum atomic E-state index is 13.1. The van der Waals surface area contributed by atoms with Crippen LogP contribution in [0.3, 0.4) is 0 Å². The van der Waals surface area contributed by atoms with Gasteiger partial charge in [0.15, 0.2) is 11.1 Å². The quantitative estimate of drug-likeness (QED) is 0.786. The zero-order valence-corrected chi connectivity index (χ0v) is 12.6. The van der Waals surface area contributed by atoms with Gasteiger partial charge in [-0.15, -0.1) is 11.3 Å². The van der Waals surface area contributed by atoms with Crippen molar-refractivity contribution in [1.29, 1.82) is 0 Å². The van der Waals surface area contributed by atoms with Gasteiger partial charge in [-0.3, -0.25) is 9.20 Å². The van der Waals surface area contributed by atoms with Gasteiger partial charge in [-0.25, -0.2) is 9.37 Å². The monoisotopic (exact) mass is 319 g/mol. The minimum absolute atomic E-state index is 0.277. The smallest absolute Gasteiger partial charge is 0.261 e. The number of halogens is 1. The third kappa shape index (κ3) is 3.25. The van der Waals surface area contributed by atoms with E-state index in [2.05, 4.69) is 10.3 Å². The number of benzene rings is 1. The highest BCUT2D eigenvalue weighted by Gasteiger charge is 2.15. The zero-order valence-electron chi connectivity index (χ0n) is 11.8. The van der Waals surface area contributed by atoms with Crippen LogP contribution in [0, 0.1) is 5.82 Å². The van der Waals surface area contributed by atoms with Gasteiger partial charge >= 0.3 is 0 Å². The van der Waals surface area contributed by atoms with Gasteiger partial charge in [0.2, 0.25) is 0 Å². The molecule has 0 aliphatic rings. The lowest BCUT2D eigenvalue weighted by molar-refractivity contribution is -0.127. The largest absolute Gasteiger partial charge is 0.481 e. The average Bonchev–Trinajstić information content (AvgIpc) is 3.05. The van der Waals surface area contributed by atoms with Crippen LogP contribution in [0.2, 0.25) is 0 Å². The van der Waals surface area contributed by atoms with Crippen LogP contribution in [0.25, 0.3) is 4.96 Å². The summed E-state index contributed by atoms with van der Waals surface area (Å²) in [5.41, 5.74) is 0.776. The highest BCUT2D eigenvalue weighted by molar-refractivity contribution is 7.15. The van der Waals surface area contributed by atoms with Gasteiger partial charge in [-0.05, 0) is 19.1 Å². The number of nitrogens with one attached hydrogen (secondary N) is 1. The van der Waals surface area contributed by atoms with E-state index in [1.165, 1.54) is 29.5 Å². The van der Waals surface area contributed by atoms with Crippen molar-refractivity contribution in [3.05, 3.63) is 53.6 Å². The topological polar surface area (TPSA) is 55.6 Å². The molecule has 1 atom stereocenters. The molecule has 0 aliphatic heterocycles. The van der Waals surface area contributed by atoms with Crippen LogP contribution >= 0.6 is 11.3 Å². The van der Waals surface area contributed by atoms with E-state index < -0.39 is 11.9 Å². The Balaban J connectivity index is 1.55. The maximum Gasteiger partial charge on any atom is 0.261 e. The van der Waals surface area contributed by atoms with Crippen molar-refractivity contribution >= 4 is 22.2 Å². The molecule has 114 valence electrons. The Morgan fingerprint density at radius 1 is 1.55 bits per heavy atom. The molecule has 0 bridgehead atoms. The summed E-state index contributed by atoms with van der Waals surface area (Å²) in [5, 5.41) is 4.70. The molecule has 22 heavy (non-hydrogen) atoms. The second-order valence-electron chi connectivity index (χ2n) is 4.76. The van der Waals surface area contributed by atoms with E-state index in [0.29, 0.717) is 12.3 Å². The van der Waals surface area contributed by atoms with Crippen LogP contribution in [-0.4, -0.2) is 21.4 Å². The van der Waals surface area contributed by atoms with E-state index in [1.54, 1.807) is 13.0 Å². The van der Waals surface area contributed by atoms with Gasteiger partial charge in [-0.2, -0.15) is 0 Å². The van der Waals surface area contributed by atoms with E-state index in [-0.39, 0.29) is 5.91 Å². The minimum Gasteiger partial charge on any atom is -0.481 e. The molecule has 3 aromatic rings. The number of nitrogens with zero attached hydrogens (tertiary/aromatic N) is 2. The summed E-state index contributed by atoms with van der Waals surface area (Å²) < 4.78 is 20.4. The van der Waals surface area contributed by atoms with Crippen LogP contribution in [-0.2, 0) is 11.3 Å². The molecule has 0 fully saturated rings. The zero-order chi connectivity index (χ0) is 15.5. The van der Waals surface area contributed by atoms with Crippen molar-refractivity contribution in [3.63, 3.8) is 0 Å². The number of ether oxygens (including phenoxy) is 1. The number of hydrogen-bond acceptors (Lipinski definition) is 4. The molecule has 2 aromatic heterocycles. The minimum atomic E-state index is -0.717. The van der Waals surface area contributed by atoms with E-state index in [9.17, 15) is 9.18 Å². The van der Waals surface area contributed by atoms with Crippen molar-refractivity contribution in [2.75, 3.05) is 0 Å². The van der Waals surface area contributed by atoms with Gasteiger partial charge in [0.25, 0.3) is 5.91 Å². The first-order valence-electron chi connectivity index (χ1n) is 6.73. The fourth-order valence-corrected chi connectivity index (χ4v) is 2.70. The fraction of sp³-hybridized carbons (Fsp3) is 0.200. The van der Waals surface area contributed by atoms with Crippen molar-refractivity contribution < 1.29 is 13.9 Å². The molecule has 0 saturated carbocycles. The Morgan fingerprint density at radius 3 is 3.18 bits per heavy atom. The summed E-state index contributed by atoms with van der Waals surface area (Å²) in [6.45, 7) is 1.94. The lowest BCUT2D eigenvalue weighted by atomic mass is 10.3. The SMILES string of the molecule is CC(Oc1cccc(F)c1)C(=O)NCc1cn2ccsc2n1. The molecule has 3 rings (SSSR count). The molecule has 0 saturated heterocycles. The Kier molecular flexibility index (Phi) is 4.06. The summed E-state index contributed by atoms with van der Waals surface area (Å²) in [4.78, 5) is 17.3. The van der Waals surface area contributed by atoms with Crippen LogP contribution in [0.5, 0.6) is 5.75 Å². The van der Waals surface area contributed by atoms with Gasteiger partial charge in [-0.1, -0.05) is 6.07 Å². The Hall–Kier alpha value is -2.41. The summed E-state index contributed by atoms with van der Waals surface area (Å²) in [7, 11) is 0. The second-order valence-corrected chi connectivity index (χ2v) is 5.63. The Labute approximate surface area is 130 Å². The second kappa shape index (κ2) is 6.15. The number of carbonyl (C=O) groups is 1. The molecular formula is C15H14FN3O2S. The van der Waals surface area contributed by atoms with Gasteiger partial charge in [0, 0.05) is 23.8 Å². The number of rotatable bonds is 5. The molecule has 1 aromatic carbocycles. The fourth-order valence-electron chi connectivity index (χ4n) is 1.98. The van der Waals surface area contributed by atoms with E-state index in [1.807, 2.05) is 22.2 Å². The molecule has 1 N–H and O–H groups in total. The summed E-state index contributed by atoms with van der Waals surface area (Å²) in [5.74, 6) is -0.353. The number of fused-ring (bicyclic) bond motifs is 1. The number of carbonyl (C=O) groups excluding carboxylic acids is 1.